The summed E-state index contributed by atoms with van der Waals surface area (Å²) in [5, 5.41) is 20.8. The van der Waals surface area contributed by atoms with Crippen LogP contribution in [0.15, 0.2) is 47.4 Å². The van der Waals surface area contributed by atoms with Crippen LogP contribution < -0.4 is 5.32 Å². The Balaban J connectivity index is 1.55. The van der Waals surface area contributed by atoms with Crippen molar-refractivity contribution in [3.63, 3.8) is 0 Å². The number of nitrogens with one attached hydrogen (secondary N) is 1. The van der Waals surface area contributed by atoms with Crippen LogP contribution in [-0.4, -0.2) is 45.3 Å². The molecule has 2 aromatic carbocycles. The van der Waals surface area contributed by atoms with E-state index < -0.39 is 29.4 Å². The van der Waals surface area contributed by atoms with Gasteiger partial charge in [0.1, 0.15) is 12.4 Å². The third-order valence-electron chi connectivity index (χ3n) is 4.10. The van der Waals surface area contributed by atoms with Gasteiger partial charge < -0.3 is 15.5 Å². The SMILES string of the molecule is O=C(CN1C(=O)SC(=Cc2cccc(F)c2)C1=O)NCCc1ccc(O)c(O)c1. The van der Waals surface area contributed by atoms with Crippen LogP contribution in [-0.2, 0) is 16.0 Å². The lowest BCUT2D eigenvalue weighted by Crippen LogP contribution is -2.40. The molecule has 1 saturated heterocycles. The Bertz CT molecular complexity index is 1010. The van der Waals surface area contributed by atoms with E-state index in [-0.39, 0.29) is 22.9 Å². The van der Waals surface area contributed by atoms with E-state index in [0.29, 0.717) is 29.3 Å². The lowest BCUT2D eigenvalue weighted by atomic mass is 10.1. The van der Waals surface area contributed by atoms with Crippen molar-refractivity contribution < 1.29 is 29.0 Å². The van der Waals surface area contributed by atoms with Crippen LogP contribution in [0.1, 0.15) is 11.1 Å². The molecule has 1 aliphatic rings. The van der Waals surface area contributed by atoms with Gasteiger partial charge in [0.05, 0.1) is 4.91 Å². The zero-order valence-corrected chi connectivity index (χ0v) is 15.9. The second kappa shape index (κ2) is 8.78. The van der Waals surface area contributed by atoms with Gasteiger partial charge in [-0.15, -0.1) is 0 Å². The number of imide groups is 1. The monoisotopic (exact) mass is 416 g/mol. The summed E-state index contributed by atoms with van der Waals surface area (Å²) in [6.45, 7) is -0.204. The van der Waals surface area contributed by atoms with Crippen LogP contribution in [0, 0.1) is 5.82 Å². The first-order valence-corrected chi connectivity index (χ1v) is 9.43. The Hall–Kier alpha value is -3.33. The van der Waals surface area contributed by atoms with Crippen molar-refractivity contribution in [1.29, 1.82) is 0 Å². The number of carbonyl (C=O) groups is 3. The average molecular weight is 416 g/mol. The summed E-state index contributed by atoms with van der Waals surface area (Å²) in [6, 6.07) is 9.94. The van der Waals surface area contributed by atoms with Gasteiger partial charge >= 0.3 is 0 Å². The van der Waals surface area contributed by atoms with Crippen LogP contribution in [0.3, 0.4) is 0 Å². The van der Waals surface area contributed by atoms with Crippen molar-refractivity contribution in [3.05, 3.63) is 64.3 Å². The maximum atomic E-state index is 13.3. The molecule has 9 heteroatoms. The summed E-state index contributed by atoms with van der Waals surface area (Å²) in [4.78, 5) is 37.5. The van der Waals surface area contributed by atoms with Crippen molar-refractivity contribution in [2.45, 2.75) is 6.42 Å². The van der Waals surface area contributed by atoms with Gasteiger partial charge in [0.15, 0.2) is 11.5 Å². The summed E-state index contributed by atoms with van der Waals surface area (Å²) in [5.41, 5.74) is 1.14. The number of hydrogen-bond acceptors (Lipinski definition) is 6. The minimum atomic E-state index is -0.608. The Morgan fingerprint density at radius 1 is 1.14 bits per heavy atom. The van der Waals surface area contributed by atoms with E-state index in [1.807, 2.05) is 0 Å². The zero-order chi connectivity index (χ0) is 21.0. The Labute approximate surface area is 169 Å². The molecule has 0 aromatic heterocycles. The summed E-state index contributed by atoms with van der Waals surface area (Å²) in [6.07, 6.45) is 1.80. The first kappa shape index (κ1) is 20.4. The van der Waals surface area contributed by atoms with Gasteiger partial charge in [-0.25, -0.2) is 4.39 Å². The van der Waals surface area contributed by atoms with Gasteiger partial charge in [-0.2, -0.15) is 0 Å². The van der Waals surface area contributed by atoms with Crippen LogP contribution in [0.5, 0.6) is 11.5 Å². The predicted octanol–water partition coefficient (Wildman–Crippen LogP) is 2.63. The number of nitrogens with zero attached hydrogens (tertiary/aromatic N) is 1. The number of thioether (sulfide) groups is 1. The quantitative estimate of drug-likeness (QED) is 0.494. The van der Waals surface area contributed by atoms with Gasteiger partial charge in [0, 0.05) is 6.54 Å². The summed E-state index contributed by atoms with van der Waals surface area (Å²) < 4.78 is 13.3. The van der Waals surface area contributed by atoms with Crippen molar-refractivity contribution >= 4 is 34.9 Å². The number of amides is 3. The molecule has 1 aliphatic heterocycles. The molecule has 0 spiro atoms. The summed E-state index contributed by atoms with van der Waals surface area (Å²) in [7, 11) is 0. The number of phenols is 2. The molecule has 0 radical (unpaired) electrons. The standard InChI is InChI=1S/C20H17FN2O5S/c21-14-3-1-2-13(8-14)10-17-19(27)23(20(28)29-17)11-18(26)22-7-6-12-4-5-15(24)16(25)9-12/h1-5,8-10,24-25H,6-7,11H2,(H,22,26). The first-order valence-electron chi connectivity index (χ1n) is 8.62. The van der Waals surface area contributed by atoms with Gasteiger partial charge in [0.2, 0.25) is 5.91 Å². The number of carbonyl (C=O) groups excluding carboxylic acids is 3. The highest BCUT2D eigenvalue weighted by Gasteiger charge is 2.36. The van der Waals surface area contributed by atoms with E-state index >= 15 is 0 Å². The molecule has 1 heterocycles. The van der Waals surface area contributed by atoms with E-state index in [0.717, 1.165) is 4.90 Å². The van der Waals surface area contributed by atoms with Gasteiger partial charge in [-0.1, -0.05) is 18.2 Å². The number of benzene rings is 2. The maximum Gasteiger partial charge on any atom is 0.294 e. The Morgan fingerprint density at radius 3 is 2.66 bits per heavy atom. The van der Waals surface area contributed by atoms with Crippen LogP contribution in [0.25, 0.3) is 6.08 Å². The lowest BCUT2D eigenvalue weighted by Gasteiger charge is -2.12. The minimum Gasteiger partial charge on any atom is -0.504 e. The normalized spacial score (nSPS) is 15.2. The fourth-order valence-corrected chi connectivity index (χ4v) is 3.49. The molecule has 3 amide bonds. The van der Waals surface area contributed by atoms with Crippen LogP contribution in [0.2, 0.25) is 0 Å². The highest BCUT2D eigenvalue weighted by molar-refractivity contribution is 8.18. The van der Waals surface area contributed by atoms with E-state index in [1.54, 1.807) is 12.1 Å². The maximum absolute atomic E-state index is 13.3. The third-order valence-corrected chi connectivity index (χ3v) is 5.00. The highest BCUT2D eigenvalue weighted by atomic mass is 32.2. The van der Waals surface area contributed by atoms with Gasteiger partial charge in [0.25, 0.3) is 11.1 Å². The molecular formula is C20H17FN2O5S. The fraction of sp³-hybridized carbons (Fsp3) is 0.150. The zero-order valence-electron chi connectivity index (χ0n) is 15.1. The first-order chi connectivity index (χ1) is 13.8. The number of hydrogen-bond donors (Lipinski definition) is 3. The Kier molecular flexibility index (Phi) is 6.18. The van der Waals surface area contributed by atoms with Crippen molar-refractivity contribution in [3.8, 4) is 11.5 Å². The molecule has 3 N–H and O–H groups in total. The molecule has 0 atom stereocenters. The molecule has 150 valence electrons. The van der Waals surface area contributed by atoms with Crippen LogP contribution in [0.4, 0.5) is 9.18 Å². The van der Waals surface area contributed by atoms with Gasteiger partial charge in [-0.3, -0.25) is 19.3 Å². The lowest BCUT2D eigenvalue weighted by molar-refractivity contribution is -0.129. The van der Waals surface area contributed by atoms with E-state index in [1.165, 1.54) is 36.4 Å². The van der Waals surface area contributed by atoms with E-state index in [9.17, 15) is 29.0 Å². The highest BCUT2D eigenvalue weighted by Crippen LogP contribution is 2.32. The molecule has 0 saturated carbocycles. The largest absolute Gasteiger partial charge is 0.504 e. The fourth-order valence-electron chi connectivity index (χ4n) is 2.65. The van der Waals surface area contributed by atoms with Crippen molar-refractivity contribution in [2.75, 3.05) is 13.1 Å². The molecule has 3 rings (SSSR count). The second-order valence-electron chi connectivity index (χ2n) is 6.25. The smallest absolute Gasteiger partial charge is 0.294 e. The molecule has 29 heavy (non-hydrogen) atoms. The number of rotatable bonds is 6. The second-order valence-corrected chi connectivity index (χ2v) is 7.24. The van der Waals surface area contributed by atoms with Crippen LogP contribution >= 0.6 is 11.8 Å². The molecule has 0 aliphatic carbocycles. The average Bonchev–Trinajstić information content (AvgIpc) is 2.92. The molecule has 2 aromatic rings. The van der Waals surface area contributed by atoms with Crippen molar-refractivity contribution in [2.24, 2.45) is 0 Å². The molecule has 0 bridgehead atoms. The number of phenolic OH excluding ortho intramolecular Hbond substituents is 2. The summed E-state index contributed by atoms with van der Waals surface area (Å²) >= 11 is 0.693. The Morgan fingerprint density at radius 2 is 1.93 bits per heavy atom. The molecule has 7 nitrogen and oxygen atoms in total. The van der Waals surface area contributed by atoms with Crippen molar-refractivity contribution in [1.82, 2.24) is 10.2 Å². The number of aromatic hydroxyl groups is 2. The molecular weight excluding hydrogens is 399 g/mol. The molecule has 1 fully saturated rings. The molecule has 0 unspecified atom stereocenters. The number of halogens is 1. The minimum absolute atomic E-state index is 0.118. The third kappa shape index (κ3) is 5.14. The van der Waals surface area contributed by atoms with E-state index in [4.69, 9.17) is 0 Å². The topological polar surface area (TPSA) is 107 Å². The predicted molar refractivity (Wildman–Crippen MR) is 106 cm³/mol. The summed E-state index contributed by atoms with van der Waals surface area (Å²) in [5.74, 6) is -2.07. The van der Waals surface area contributed by atoms with Gasteiger partial charge in [-0.05, 0) is 59.7 Å². The van der Waals surface area contributed by atoms with E-state index in [2.05, 4.69) is 5.32 Å².